The molecule has 3 aromatic rings. The normalized spacial score (nSPS) is 13.0. The molecule has 0 atom stereocenters. The number of esters is 1. The van der Waals surface area contributed by atoms with Gasteiger partial charge in [-0.2, -0.15) is 0 Å². The molecule has 0 fully saturated rings. The van der Waals surface area contributed by atoms with Crippen LogP contribution in [0.4, 0.5) is 9.80 Å². The Morgan fingerprint density at radius 1 is 1.15 bits per heavy atom. The Kier molecular flexibility index (Phi) is 6.50. The zero-order chi connectivity index (χ0) is 23.5. The molecule has 1 N–H and O–H groups in total. The van der Waals surface area contributed by atoms with Crippen LogP contribution in [0.2, 0.25) is 0 Å². The van der Waals surface area contributed by atoms with Gasteiger partial charge in [0, 0.05) is 11.4 Å². The summed E-state index contributed by atoms with van der Waals surface area (Å²) in [5, 5.41) is 3.08. The van der Waals surface area contributed by atoms with Crippen molar-refractivity contribution in [3.8, 4) is 0 Å². The Morgan fingerprint density at radius 2 is 1.91 bits per heavy atom. The predicted octanol–water partition coefficient (Wildman–Crippen LogP) is 2.99. The lowest BCUT2D eigenvalue weighted by atomic mass is 10.0. The molecule has 33 heavy (non-hydrogen) atoms. The van der Waals surface area contributed by atoms with Crippen molar-refractivity contribution in [3.63, 3.8) is 0 Å². The third-order valence-corrected chi connectivity index (χ3v) is 6.32. The van der Waals surface area contributed by atoms with Crippen molar-refractivity contribution in [1.29, 1.82) is 0 Å². The van der Waals surface area contributed by atoms with E-state index in [0.717, 1.165) is 10.4 Å². The number of para-hydroxylation sites is 2. The van der Waals surface area contributed by atoms with Gasteiger partial charge in [0.05, 0.1) is 30.8 Å². The molecule has 174 valence electrons. The van der Waals surface area contributed by atoms with Crippen LogP contribution >= 0.6 is 11.3 Å². The molecule has 0 saturated carbocycles. The van der Waals surface area contributed by atoms with Crippen LogP contribution in [0.5, 0.6) is 0 Å². The van der Waals surface area contributed by atoms with Crippen LogP contribution in [0, 0.1) is 0 Å². The number of anilines is 1. The Morgan fingerprint density at radius 3 is 2.67 bits per heavy atom. The van der Waals surface area contributed by atoms with Crippen LogP contribution < -0.4 is 11.1 Å². The van der Waals surface area contributed by atoms with Crippen LogP contribution in [0.25, 0.3) is 11.1 Å². The number of aromatic nitrogens is 1. The first-order chi connectivity index (χ1) is 15.9. The average Bonchev–Trinajstić information content (AvgIpc) is 3.30. The maximum Gasteiger partial charge on any atom is 0.420 e. The fourth-order valence-corrected chi connectivity index (χ4v) is 5.02. The van der Waals surface area contributed by atoms with Crippen LogP contribution in [0.15, 0.2) is 33.5 Å². The first kappa shape index (κ1) is 22.6. The molecule has 4 rings (SSSR count). The molecule has 0 bridgehead atoms. The number of carbonyl (C=O) groups is 3. The highest BCUT2D eigenvalue weighted by Gasteiger charge is 2.31. The fourth-order valence-electron chi connectivity index (χ4n) is 3.75. The third kappa shape index (κ3) is 4.49. The van der Waals surface area contributed by atoms with Gasteiger partial charge in [-0.1, -0.05) is 12.1 Å². The van der Waals surface area contributed by atoms with E-state index >= 15 is 0 Å². The Hall–Kier alpha value is -3.60. The molecule has 10 nitrogen and oxygen atoms in total. The largest absolute Gasteiger partial charge is 0.462 e. The number of nitrogens with one attached hydrogen (secondary N) is 1. The summed E-state index contributed by atoms with van der Waals surface area (Å²) in [6.07, 6.45) is 0.00607. The fraction of sp³-hybridized carbons (Fsp3) is 0.364. The zero-order valence-electron chi connectivity index (χ0n) is 18.2. The summed E-state index contributed by atoms with van der Waals surface area (Å²) in [7, 11) is 0. The van der Waals surface area contributed by atoms with Crippen LogP contribution in [0.3, 0.4) is 0 Å². The lowest BCUT2D eigenvalue weighted by Gasteiger charge is -2.26. The van der Waals surface area contributed by atoms with Crippen LogP contribution in [-0.4, -0.2) is 47.2 Å². The van der Waals surface area contributed by atoms with E-state index in [4.69, 9.17) is 13.9 Å². The molecule has 0 radical (unpaired) electrons. The molecule has 1 aliphatic rings. The van der Waals surface area contributed by atoms with E-state index in [1.807, 2.05) is 0 Å². The Balaban J connectivity index is 1.61. The summed E-state index contributed by atoms with van der Waals surface area (Å²) in [5.74, 6) is -1.68. The lowest BCUT2D eigenvalue weighted by Crippen LogP contribution is -2.36. The summed E-state index contributed by atoms with van der Waals surface area (Å²) in [6.45, 7) is 4.26. The van der Waals surface area contributed by atoms with E-state index in [0.29, 0.717) is 29.1 Å². The molecule has 0 saturated heterocycles. The van der Waals surface area contributed by atoms with Gasteiger partial charge in [-0.05, 0) is 38.0 Å². The number of fused-ring (bicyclic) bond motifs is 2. The van der Waals surface area contributed by atoms with Crippen LogP contribution in [0.1, 0.15) is 34.6 Å². The molecule has 1 aliphatic heterocycles. The number of thiophene rings is 1. The molecule has 2 aromatic heterocycles. The number of hydrogen-bond donors (Lipinski definition) is 1. The first-order valence-corrected chi connectivity index (χ1v) is 11.4. The van der Waals surface area contributed by atoms with Gasteiger partial charge in [-0.15, -0.1) is 11.3 Å². The highest BCUT2D eigenvalue weighted by molar-refractivity contribution is 7.17. The second-order valence-electron chi connectivity index (χ2n) is 7.27. The highest BCUT2D eigenvalue weighted by atomic mass is 32.1. The summed E-state index contributed by atoms with van der Waals surface area (Å²) >= 11 is 1.21. The molecule has 1 aromatic carbocycles. The standard InChI is InChI=1S/C22H23N3O7S/c1-3-30-20(27)18-13-9-10-24(21(28)31-4-2)11-16(13)33-19(18)23-17(26)12-25-14-7-5-6-8-15(14)32-22(25)29/h5-8H,3-4,9-12H2,1-2H3,(H,23,26). The van der Waals surface area contributed by atoms with E-state index in [1.165, 1.54) is 15.9 Å². The number of amides is 2. The molecule has 0 aliphatic carbocycles. The minimum atomic E-state index is -0.646. The van der Waals surface area contributed by atoms with Gasteiger partial charge in [0.1, 0.15) is 11.5 Å². The van der Waals surface area contributed by atoms with E-state index in [1.54, 1.807) is 43.0 Å². The summed E-state index contributed by atoms with van der Waals surface area (Å²) in [6, 6.07) is 6.81. The van der Waals surface area contributed by atoms with Crippen molar-refractivity contribution in [1.82, 2.24) is 9.47 Å². The van der Waals surface area contributed by atoms with Gasteiger partial charge in [0.2, 0.25) is 5.91 Å². The number of hydrogen-bond acceptors (Lipinski definition) is 8. The van der Waals surface area contributed by atoms with Gasteiger partial charge in [0.15, 0.2) is 5.58 Å². The van der Waals surface area contributed by atoms with Gasteiger partial charge in [0.25, 0.3) is 0 Å². The minimum Gasteiger partial charge on any atom is -0.462 e. The van der Waals surface area contributed by atoms with Crippen molar-refractivity contribution in [2.24, 2.45) is 0 Å². The van der Waals surface area contributed by atoms with Crippen molar-refractivity contribution >= 4 is 45.4 Å². The smallest absolute Gasteiger partial charge is 0.420 e. The van der Waals surface area contributed by atoms with E-state index in [-0.39, 0.29) is 31.9 Å². The molecule has 0 unspecified atom stereocenters. The number of benzene rings is 1. The maximum atomic E-state index is 12.8. The number of carbonyl (C=O) groups excluding carboxylic acids is 3. The number of oxazole rings is 1. The number of nitrogens with zero attached hydrogens (tertiary/aromatic N) is 2. The number of rotatable bonds is 6. The van der Waals surface area contributed by atoms with Crippen molar-refractivity contribution in [3.05, 3.63) is 50.8 Å². The minimum absolute atomic E-state index is 0.183. The molecular formula is C22H23N3O7S. The van der Waals surface area contributed by atoms with Crippen molar-refractivity contribution in [2.45, 2.75) is 33.4 Å². The van der Waals surface area contributed by atoms with Gasteiger partial charge >= 0.3 is 17.8 Å². The summed E-state index contributed by atoms with van der Waals surface area (Å²) in [4.78, 5) is 52.2. The van der Waals surface area contributed by atoms with Crippen molar-refractivity contribution < 1.29 is 28.3 Å². The SMILES string of the molecule is CCOC(=O)c1c(NC(=O)Cn2c(=O)oc3ccccc32)sc2c1CCN(C(=O)OCC)C2. The predicted molar refractivity (Wildman–Crippen MR) is 121 cm³/mol. The van der Waals surface area contributed by atoms with E-state index < -0.39 is 23.7 Å². The highest BCUT2D eigenvalue weighted by Crippen LogP contribution is 2.38. The van der Waals surface area contributed by atoms with Crippen LogP contribution in [-0.2, 0) is 33.8 Å². The maximum absolute atomic E-state index is 12.8. The second kappa shape index (κ2) is 9.49. The molecule has 0 spiro atoms. The third-order valence-electron chi connectivity index (χ3n) is 5.19. The Labute approximate surface area is 192 Å². The second-order valence-corrected chi connectivity index (χ2v) is 8.37. The quantitative estimate of drug-likeness (QED) is 0.547. The van der Waals surface area contributed by atoms with E-state index in [2.05, 4.69) is 5.32 Å². The summed E-state index contributed by atoms with van der Waals surface area (Å²) in [5.41, 5.74) is 1.92. The van der Waals surface area contributed by atoms with Crippen molar-refractivity contribution in [2.75, 3.05) is 25.1 Å². The molecule has 3 heterocycles. The topological polar surface area (TPSA) is 120 Å². The van der Waals surface area contributed by atoms with Gasteiger partial charge in [-0.3, -0.25) is 9.36 Å². The molecular weight excluding hydrogens is 450 g/mol. The lowest BCUT2D eigenvalue weighted by molar-refractivity contribution is -0.116. The average molecular weight is 474 g/mol. The monoisotopic (exact) mass is 473 g/mol. The molecule has 2 amide bonds. The summed E-state index contributed by atoms with van der Waals surface area (Å²) < 4.78 is 16.7. The van der Waals surface area contributed by atoms with Gasteiger partial charge < -0.3 is 24.1 Å². The van der Waals surface area contributed by atoms with Gasteiger partial charge in [-0.25, -0.2) is 14.4 Å². The number of ether oxygens (including phenoxy) is 2. The first-order valence-electron chi connectivity index (χ1n) is 10.5. The zero-order valence-corrected chi connectivity index (χ0v) is 19.0. The van der Waals surface area contributed by atoms with E-state index in [9.17, 15) is 19.2 Å². The molecule has 11 heteroatoms. The Bertz CT molecular complexity index is 1270.